The summed E-state index contributed by atoms with van der Waals surface area (Å²) in [5.41, 5.74) is 3.69. The molecule has 0 spiro atoms. The van der Waals surface area contributed by atoms with E-state index in [0.717, 1.165) is 12.1 Å². The molecule has 0 fully saturated rings. The fourth-order valence-electron chi connectivity index (χ4n) is 0.986. The summed E-state index contributed by atoms with van der Waals surface area (Å²) in [7, 11) is 1.51. The van der Waals surface area contributed by atoms with Crippen molar-refractivity contribution >= 4 is 6.21 Å². The lowest BCUT2D eigenvalue weighted by Crippen LogP contribution is -2.03. The van der Waals surface area contributed by atoms with Crippen LogP contribution in [0.1, 0.15) is 12.5 Å². The fourth-order valence-corrected chi connectivity index (χ4v) is 0.986. The van der Waals surface area contributed by atoms with Crippen molar-refractivity contribution in [3.63, 3.8) is 0 Å². The molecule has 0 heterocycles. The Balaban J connectivity index is 2.79. The molecular weight excluding hydrogens is 180 g/mol. The van der Waals surface area contributed by atoms with Crippen molar-refractivity contribution in [3.8, 4) is 11.5 Å². The summed E-state index contributed by atoms with van der Waals surface area (Å²) in [6.45, 7) is 2.75. The number of aromatic hydroxyl groups is 1. The third-order valence-electron chi connectivity index (χ3n) is 1.67. The van der Waals surface area contributed by atoms with Gasteiger partial charge in [-0.15, -0.1) is 0 Å². The van der Waals surface area contributed by atoms with Crippen LogP contribution in [0, 0.1) is 0 Å². The van der Waals surface area contributed by atoms with Gasteiger partial charge in [0.1, 0.15) is 0 Å². The van der Waals surface area contributed by atoms with Crippen LogP contribution < -0.4 is 10.2 Å². The van der Waals surface area contributed by atoms with Gasteiger partial charge in [0.15, 0.2) is 11.5 Å². The van der Waals surface area contributed by atoms with Crippen molar-refractivity contribution in [1.29, 1.82) is 0 Å². The highest BCUT2D eigenvalue weighted by Crippen LogP contribution is 2.25. The summed E-state index contributed by atoms with van der Waals surface area (Å²) in [4.78, 5) is 0. The second kappa shape index (κ2) is 5.11. The fraction of sp³-hybridized carbons (Fsp3) is 0.300. The highest BCUT2D eigenvalue weighted by Gasteiger charge is 2.00. The van der Waals surface area contributed by atoms with Gasteiger partial charge in [-0.25, -0.2) is 0 Å². The summed E-state index contributed by atoms with van der Waals surface area (Å²) in [5.74, 6) is 0.582. The maximum Gasteiger partial charge on any atom is 0.161 e. The molecule has 0 saturated heterocycles. The highest BCUT2D eigenvalue weighted by molar-refractivity contribution is 5.80. The molecule has 1 aromatic rings. The molecular formula is C10H14N2O2. The van der Waals surface area contributed by atoms with Crippen LogP contribution in [0.15, 0.2) is 23.3 Å². The smallest absolute Gasteiger partial charge is 0.161 e. The van der Waals surface area contributed by atoms with Crippen molar-refractivity contribution < 1.29 is 9.84 Å². The minimum atomic E-state index is 0.133. The van der Waals surface area contributed by atoms with Crippen LogP contribution in [0.4, 0.5) is 0 Å². The Morgan fingerprint density at radius 3 is 3.00 bits per heavy atom. The quantitative estimate of drug-likeness (QED) is 0.562. The van der Waals surface area contributed by atoms with E-state index in [4.69, 9.17) is 4.74 Å². The number of rotatable bonds is 4. The molecule has 14 heavy (non-hydrogen) atoms. The minimum absolute atomic E-state index is 0.133. The number of phenols is 1. The van der Waals surface area contributed by atoms with E-state index in [1.807, 2.05) is 6.92 Å². The van der Waals surface area contributed by atoms with E-state index in [-0.39, 0.29) is 5.75 Å². The largest absolute Gasteiger partial charge is 0.504 e. The van der Waals surface area contributed by atoms with E-state index in [2.05, 4.69) is 10.5 Å². The Morgan fingerprint density at radius 2 is 2.36 bits per heavy atom. The zero-order valence-corrected chi connectivity index (χ0v) is 8.32. The number of ether oxygens (including phenoxy) is 1. The third-order valence-corrected chi connectivity index (χ3v) is 1.67. The van der Waals surface area contributed by atoms with E-state index in [0.29, 0.717) is 5.75 Å². The van der Waals surface area contributed by atoms with Gasteiger partial charge in [0, 0.05) is 6.54 Å². The molecule has 0 aromatic heterocycles. The van der Waals surface area contributed by atoms with Gasteiger partial charge in [-0.3, -0.25) is 0 Å². The molecule has 1 aromatic carbocycles. The van der Waals surface area contributed by atoms with Gasteiger partial charge < -0.3 is 15.3 Å². The molecule has 4 nitrogen and oxygen atoms in total. The van der Waals surface area contributed by atoms with Crippen LogP contribution in [0.2, 0.25) is 0 Å². The number of nitrogens with one attached hydrogen (secondary N) is 1. The van der Waals surface area contributed by atoms with Gasteiger partial charge in [0.25, 0.3) is 0 Å². The Bertz CT molecular complexity index is 324. The molecule has 0 radical (unpaired) electrons. The third kappa shape index (κ3) is 2.65. The molecule has 0 saturated carbocycles. The summed E-state index contributed by atoms with van der Waals surface area (Å²) >= 11 is 0. The lowest BCUT2D eigenvalue weighted by molar-refractivity contribution is 0.373. The standard InChI is InChI=1S/C10H14N2O2/c1-3-11-12-7-8-4-5-9(13)10(6-8)14-2/h4-7,11,13H,3H2,1-2H3/b12-7+. The average Bonchev–Trinajstić information content (AvgIpc) is 2.21. The first-order valence-electron chi connectivity index (χ1n) is 4.41. The van der Waals surface area contributed by atoms with Gasteiger partial charge in [-0.1, -0.05) is 0 Å². The van der Waals surface area contributed by atoms with Gasteiger partial charge in [-0.05, 0) is 30.7 Å². The van der Waals surface area contributed by atoms with Crippen LogP contribution >= 0.6 is 0 Å². The van der Waals surface area contributed by atoms with Gasteiger partial charge in [0.2, 0.25) is 0 Å². The van der Waals surface area contributed by atoms with Crippen molar-refractivity contribution in [3.05, 3.63) is 23.8 Å². The predicted molar refractivity (Wildman–Crippen MR) is 55.9 cm³/mol. The molecule has 0 atom stereocenters. The lowest BCUT2D eigenvalue weighted by Gasteiger charge is -2.03. The summed E-state index contributed by atoms with van der Waals surface area (Å²) in [6, 6.07) is 5.06. The first-order chi connectivity index (χ1) is 6.77. The second-order valence-electron chi connectivity index (χ2n) is 2.70. The Labute approximate surface area is 83.2 Å². The van der Waals surface area contributed by atoms with Crippen molar-refractivity contribution in [1.82, 2.24) is 5.43 Å². The van der Waals surface area contributed by atoms with E-state index in [1.54, 1.807) is 24.4 Å². The van der Waals surface area contributed by atoms with Crippen LogP contribution in [0.3, 0.4) is 0 Å². The van der Waals surface area contributed by atoms with Crippen LogP contribution in [0.25, 0.3) is 0 Å². The maximum atomic E-state index is 9.32. The van der Waals surface area contributed by atoms with Crippen LogP contribution in [-0.2, 0) is 0 Å². The van der Waals surface area contributed by atoms with E-state index >= 15 is 0 Å². The molecule has 0 bridgehead atoms. The minimum Gasteiger partial charge on any atom is -0.504 e. The number of benzene rings is 1. The van der Waals surface area contributed by atoms with E-state index < -0.39 is 0 Å². The number of nitrogens with zero attached hydrogens (tertiary/aromatic N) is 1. The SMILES string of the molecule is CCN/N=C/c1ccc(O)c(OC)c1. The molecule has 76 valence electrons. The second-order valence-corrected chi connectivity index (χ2v) is 2.70. The van der Waals surface area contributed by atoms with Gasteiger partial charge in [-0.2, -0.15) is 5.10 Å². The number of methoxy groups -OCH3 is 1. The van der Waals surface area contributed by atoms with E-state index in [1.165, 1.54) is 7.11 Å². The lowest BCUT2D eigenvalue weighted by atomic mass is 10.2. The summed E-state index contributed by atoms with van der Waals surface area (Å²) in [6.07, 6.45) is 1.67. The first-order valence-corrected chi connectivity index (χ1v) is 4.41. The molecule has 0 aliphatic rings. The normalized spacial score (nSPS) is 10.4. The number of phenolic OH excluding ortho intramolecular Hbond substituents is 1. The summed E-state index contributed by atoms with van der Waals surface area (Å²) in [5, 5.41) is 13.3. The highest BCUT2D eigenvalue weighted by atomic mass is 16.5. The average molecular weight is 194 g/mol. The van der Waals surface area contributed by atoms with Crippen LogP contribution in [0.5, 0.6) is 11.5 Å². The number of hydrazone groups is 1. The molecule has 0 unspecified atom stereocenters. The molecule has 0 amide bonds. The Kier molecular flexibility index (Phi) is 3.79. The molecule has 1 rings (SSSR count). The number of hydrogen-bond acceptors (Lipinski definition) is 4. The Hall–Kier alpha value is -1.71. The first kappa shape index (κ1) is 10.4. The number of hydrogen-bond donors (Lipinski definition) is 2. The molecule has 0 aliphatic carbocycles. The monoisotopic (exact) mass is 194 g/mol. The van der Waals surface area contributed by atoms with E-state index in [9.17, 15) is 5.11 Å². The molecule has 0 aliphatic heterocycles. The zero-order chi connectivity index (χ0) is 10.4. The predicted octanol–water partition coefficient (Wildman–Crippen LogP) is 1.34. The molecule has 2 N–H and O–H groups in total. The van der Waals surface area contributed by atoms with Gasteiger partial charge >= 0.3 is 0 Å². The Morgan fingerprint density at radius 1 is 1.57 bits per heavy atom. The maximum absolute atomic E-state index is 9.32. The van der Waals surface area contributed by atoms with Crippen molar-refractivity contribution in [2.45, 2.75) is 6.92 Å². The molecule has 4 heteroatoms. The van der Waals surface area contributed by atoms with Crippen LogP contribution in [-0.4, -0.2) is 25.0 Å². The van der Waals surface area contributed by atoms with Gasteiger partial charge in [0.05, 0.1) is 13.3 Å². The summed E-state index contributed by atoms with van der Waals surface area (Å²) < 4.78 is 4.96. The topological polar surface area (TPSA) is 53.9 Å². The van der Waals surface area contributed by atoms with Crippen molar-refractivity contribution in [2.75, 3.05) is 13.7 Å². The van der Waals surface area contributed by atoms with Crippen molar-refractivity contribution in [2.24, 2.45) is 5.10 Å². The zero-order valence-electron chi connectivity index (χ0n) is 8.32.